The Morgan fingerprint density at radius 3 is 2.55 bits per heavy atom. The number of aromatic nitrogens is 1. The van der Waals surface area contributed by atoms with E-state index >= 15 is 0 Å². The Kier molecular flexibility index (Phi) is 2.58. The zero-order chi connectivity index (χ0) is 8.43. The van der Waals surface area contributed by atoms with Crippen LogP contribution < -0.4 is 5.73 Å². The average molecular weight is 270 g/mol. The SMILES string of the molecule is Nc1nc(I)ccc1C(F)F. The molecule has 60 valence electrons. The van der Waals surface area contributed by atoms with E-state index in [2.05, 4.69) is 4.98 Å². The van der Waals surface area contributed by atoms with Crippen LogP contribution in [0.4, 0.5) is 14.6 Å². The summed E-state index contributed by atoms with van der Waals surface area (Å²) in [6.45, 7) is 0. The van der Waals surface area contributed by atoms with Crippen LogP contribution in [0.3, 0.4) is 0 Å². The van der Waals surface area contributed by atoms with Crippen LogP contribution in [-0.2, 0) is 0 Å². The highest BCUT2D eigenvalue weighted by atomic mass is 127. The summed E-state index contributed by atoms with van der Waals surface area (Å²) < 4.78 is 24.7. The molecule has 0 aliphatic carbocycles. The van der Waals surface area contributed by atoms with E-state index in [9.17, 15) is 8.78 Å². The van der Waals surface area contributed by atoms with Crippen molar-refractivity contribution in [3.05, 3.63) is 21.4 Å². The summed E-state index contributed by atoms with van der Waals surface area (Å²) in [6, 6.07) is 2.78. The lowest BCUT2D eigenvalue weighted by Gasteiger charge is -2.02. The average Bonchev–Trinajstić information content (AvgIpc) is 1.85. The number of hydrogen-bond acceptors (Lipinski definition) is 2. The largest absolute Gasteiger partial charge is 0.383 e. The first-order chi connectivity index (χ1) is 5.11. The third kappa shape index (κ3) is 1.98. The third-order valence-corrected chi connectivity index (χ3v) is 1.76. The van der Waals surface area contributed by atoms with Gasteiger partial charge in [0.1, 0.15) is 9.52 Å². The molecule has 2 nitrogen and oxygen atoms in total. The molecule has 1 heterocycles. The molecular weight excluding hydrogens is 265 g/mol. The van der Waals surface area contributed by atoms with Crippen LogP contribution in [0.2, 0.25) is 0 Å². The Hall–Kier alpha value is -0.460. The zero-order valence-corrected chi connectivity index (χ0v) is 7.55. The predicted octanol–water partition coefficient (Wildman–Crippen LogP) is 2.21. The summed E-state index contributed by atoms with van der Waals surface area (Å²) in [5, 5.41) is 0. The number of pyridine rings is 1. The maximum absolute atomic E-state index is 12.0. The molecule has 11 heavy (non-hydrogen) atoms. The molecule has 0 atom stereocenters. The van der Waals surface area contributed by atoms with Gasteiger partial charge in [-0.1, -0.05) is 0 Å². The predicted molar refractivity (Wildman–Crippen MR) is 46.3 cm³/mol. The highest BCUT2D eigenvalue weighted by Crippen LogP contribution is 2.23. The molecule has 0 aromatic carbocycles. The molecular formula is C6H5F2IN2. The molecule has 0 aliphatic heterocycles. The molecule has 0 amide bonds. The normalized spacial score (nSPS) is 10.5. The molecule has 0 saturated carbocycles. The summed E-state index contributed by atoms with van der Waals surface area (Å²) in [7, 11) is 0. The minimum absolute atomic E-state index is 0.0908. The van der Waals surface area contributed by atoms with Gasteiger partial charge >= 0.3 is 0 Å². The zero-order valence-electron chi connectivity index (χ0n) is 5.39. The molecule has 0 spiro atoms. The third-order valence-electron chi connectivity index (χ3n) is 1.16. The highest BCUT2D eigenvalue weighted by Gasteiger charge is 2.11. The van der Waals surface area contributed by atoms with Crippen molar-refractivity contribution in [3.63, 3.8) is 0 Å². The van der Waals surface area contributed by atoms with Crippen LogP contribution >= 0.6 is 22.6 Å². The van der Waals surface area contributed by atoms with E-state index < -0.39 is 6.43 Å². The maximum atomic E-state index is 12.0. The van der Waals surface area contributed by atoms with E-state index in [0.717, 1.165) is 0 Å². The Balaban J connectivity index is 3.09. The van der Waals surface area contributed by atoms with E-state index in [1.54, 1.807) is 0 Å². The van der Waals surface area contributed by atoms with Gasteiger partial charge < -0.3 is 5.73 Å². The van der Waals surface area contributed by atoms with Gasteiger partial charge in [0.2, 0.25) is 0 Å². The van der Waals surface area contributed by atoms with Gasteiger partial charge in [-0.05, 0) is 34.7 Å². The Bertz CT molecular complexity index is 265. The molecule has 1 rings (SSSR count). The topological polar surface area (TPSA) is 38.9 Å². The first kappa shape index (κ1) is 8.63. The van der Waals surface area contributed by atoms with E-state index in [1.165, 1.54) is 12.1 Å². The second-order valence-corrected chi connectivity index (χ2v) is 3.01. The molecule has 0 radical (unpaired) electrons. The summed E-state index contributed by atoms with van der Waals surface area (Å²) in [4.78, 5) is 3.68. The fourth-order valence-corrected chi connectivity index (χ4v) is 1.09. The first-order valence-corrected chi connectivity index (χ1v) is 3.89. The number of anilines is 1. The van der Waals surface area contributed by atoms with E-state index in [4.69, 9.17) is 5.73 Å². The quantitative estimate of drug-likeness (QED) is 0.627. The van der Waals surface area contributed by atoms with Crippen molar-refractivity contribution in [2.24, 2.45) is 0 Å². The van der Waals surface area contributed by atoms with Crippen molar-refractivity contribution in [3.8, 4) is 0 Å². The van der Waals surface area contributed by atoms with E-state index in [-0.39, 0.29) is 11.4 Å². The summed E-state index contributed by atoms with van der Waals surface area (Å²) in [5.41, 5.74) is 5.02. The molecule has 0 aliphatic rings. The number of alkyl halides is 2. The van der Waals surface area contributed by atoms with Crippen LogP contribution in [0, 0.1) is 3.70 Å². The number of nitrogen functional groups attached to an aromatic ring is 1. The molecule has 5 heteroatoms. The number of hydrogen-bond donors (Lipinski definition) is 1. The van der Waals surface area contributed by atoms with Gasteiger partial charge in [0, 0.05) is 0 Å². The summed E-state index contributed by atoms with van der Waals surface area (Å²) in [5.74, 6) is -0.0908. The Morgan fingerprint density at radius 2 is 2.09 bits per heavy atom. The van der Waals surface area contributed by atoms with Gasteiger partial charge in [-0.25, -0.2) is 13.8 Å². The lowest BCUT2D eigenvalue weighted by molar-refractivity contribution is 0.152. The van der Waals surface area contributed by atoms with E-state index in [1.807, 2.05) is 22.6 Å². The van der Waals surface area contributed by atoms with Crippen molar-refractivity contribution in [2.45, 2.75) is 6.43 Å². The lowest BCUT2D eigenvalue weighted by Crippen LogP contribution is -1.98. The molecule has 0 saturated heterocycles. The minimum Gasteiger partial charge on any atom is -0.383 e. The molecule has 0 fully saturated rings. The number of nitrogens with two attached hydrogens (primary N) is 1. The van der Waals surface area contributed by atoms with Gasteiger partial charge in [0.15, 0.2) is 0 Å². The van der Waals surface area contributed by atoms with Crippen LogP contribution in [0.15, 0.2) is 12.1 Å². The fourth-order valence-electron chi connectivity index (χ4n) is 0.645. The van der Waals surface area contributed by atoms with Crippen LogP contribution in [0.5, 0.6) is 0 Å². The van der Waals surface area contributed by atoms with Crippen molar-refractivity contribution >= 4 is 28.4 Å². The Morgan fingerprint density at radius 1 is 1.45 bits per heavy atom. The number of nitrogens with zero attached hydrogens (tertiary/aromatic N) is 1. The summed E-state index contributed by atoms with van der Waals surface area (Å²) >= 11 is 1.91. The lowest BCUT2D eigenvalue weighted by atomic mass is 10.3. The van der Waals surface area contributed by atoms with Crippen molar-refractivity contribution < 1.29 is 8.78 Å². The maximum Gasteiger partial charge on any atom is 0.267 e. The van der Waals surface area contributed by atoms with Gasteiger partial charge in [0.05, 0.1) is 5.56 Å². The van der Waals surface area contributed by atoms with Crippen LogP contribution in [-0.4, -0.2) is 4.98 Å². The first-order valence-electron chi connectivity index (χ1n) is 2.81. The fraction of sp³-hybridized carbons (Fsp3) is 0.167. The van der Waals surface area contributed by atoms with E-state index in [0.29, 0.717) is 3.70 Å². The second-order valence-electron chi connectivity index (χ2n) is 1.91. The summed E-state index contributed by atoms with van der Waals surface area (Å²) in [6.07, 6.45) is -2.54. The van der Waals surface area contributed by atoms with Gasteiger partial charge in [-0.15, -0.1) is 0 Å². The molecule has 0 unspecified atom stereocenters. The smallest absolute Gasteiger partial charge is 0.267 e. The molecule has 2 N–H and O–H groups in total. The Labute approximate surface area is 75.9 Å². The molecule has 1 aromatic heterocycles. The van der Waals surface area contributed by atoms with Crippen molar-refractivity contribution in [1.29, 1.82) is 0 Å². The molecule has 0 bridgehead atoms. The standard InChI is InChI=1S/C6H5F2IN2/c7-5(8)3-1-2-4(9)11-6(3)10/h1-2,5H,(H2,10,11). The second kappa shape index (κ2) is 3.29. The minimum atomic E-state index is -2.54. The molecule has 1 aromatic rings. The van der Waals surface area contributed by atoms with Gasteiger partial charge in [0.25, 0.3) is 6.43 Å². The van der Waals surface area contributed by atoms with Crippen molar-refractivity contribution in [2.75, 3.05) is 5.73 Å². The van der Waals surface area contributed by atoms with Crippen molar-refractivity contribution in [1.82, 2.24) is 4.98 Å². The van der Waals surface area contributed by atoms with Crippen LogP contribution in [0.1, 0.15) is 12.0 Å². The monoisotopic (exact) mass is 270 g/mol. The number of rotatable bonds is 1. The van der Waals surface area contributed by atoms with Gasteiger partial charge in [-0.2, -0.15) is 0 Å². The van der Waals surface area contributed by atoms with Gasteiger partial charge in [-0.3, -0.25) is 0 Å². The number of halogens is 3. The van der Waals surface area contributed by atoms with Crippen LogP contribution in [0.25, 0.3) is 0 Å². The highest BCUT2D eigenvalue weighted by molar-refractivity contribution is 14.1.